The van der Waals surface area contributed by atoms with E-state index in [-0.39, 0.29) is 12.3 Å². The number of carbonyl (C=O) groups is 1. The molecule has 2 heterocycles. The maximum absolute atomic E-state index is 10.8. The number of hydrogen-bond acceptors (Lipinski definition) is 5. The van der Waals surface area contributed by atoms with Gasteiger partial charge in [0.25, 0.3) is 0 Å². The second-order valence-electron chi connectivity index (χ2n) is 5.01. The largest absolute Gasteiger partial charge is 0.481 e. The topological polar surface area (TPSA) is 93.8 Å². The molecule has 0 saturated heterocycles. The molecule has 0 saturated carbocycles. The molecule has 0 aliphatic rings. The van der Waals surface area contributed by atoms with E-state index >= 15 is 0 Å². The summed E-state index contributed by atoms with van der Waals surface area (Å²) in [5.74, 6) is 0.0395. The number of rotatable bonds is 8. The summed E-state index contributed by atoms with van der Waals surface area (Å²) >= 11 is 0. The van der Waals surface area contributed by atoms with Gasteiger partial charge in [0.2, 0.25) is 0 Å². The van der Waals surface area contributed by atoms with Crippen LogP contribution in [0.5, 0.6) is 0 Å². The zero-order valence-electron chi connectivity index (χ0n) is 12.0. The third-order valence-corrected chi connectivity index (χ3v) is 3.44. The fraction of sp³-hybridized carbons (Fsp3) is 0.500. The molecular weight excluding hydrogens is 270 g/mol. The number of aromatic nitrogens is 5. The fourth-order valence-corrected chi connectivity index (χ4v) is 2.18. The molecule has 21 heavy (non-hydrogen) atoms. The van der Waals surface area contributed by atoms with Crippen molar-refractivity contribution in [3.8, 4) is 0 Å². The van der Waals surface area contributed by atoms with Crippen LogP contribution in [0.3, 0.4) is 0 Å². The average molecular weight is 289 g/mol. The highest BCUT2D eigenvalue weighted by atomic mass is 16.4. The number of carboxylic acids is 1. The molecule has 0 amide bonds. The first-order valence-corrected chi connectivity index (χ1v) is 7.04. The first-order valence-electron chi connectivity index (χ1n) is 7.04. The molecule has 1 N–H and O–H groups in total. The van der Waals surface area contributed by atoms with Gasteiger partial charge >= 0.3 is 5.97 Å². The van der Waals surface area contributed by atoms with Gasteiger partial charge in [0.15, 0.2) is 5.82 Å². The molecule has 0 fully saturated rings. The van der Waals surface area contributed by atoms with Crippen LogP contribution < -0.4 is 0 Å². The van der Waals surface area contributed by atoms with Crippen LogP contribution in [0.15, 0.2) is 24.5 Å². The molecule has 2 rings (SSSR count). The van der Waals surface area contributed by atoms with Gasteiger partial charge in [-0.3, -0.25) is 9.78 Å². The van der Waals surface area contributed by atoms with Crippen molar-refractivity contribution in [1.82, 2.24) is 25.2 Å². The summed E-state index contributed by atoms with van der Waals surface area (Å²) in [5.41, 5.74) is 1.13. The van der Waals surface area contributed by atoms with Crippen molar-refractivity contribution in [2.24, 2.45) is 5.92 Å². The Bertz CT molecular complexity index is 570. The van der Waals surface area contributed by atoms with Gasteiger partial charge in [-0.05, 0) is 34.4 Å². The lowest BCUT2D eigenvalue weighted by Gasteiger charge is -2.13. The Balaban J connectivity index is 1.96. The standard InChI is InChI=1S/C14H19N5O2/c1-2-11(8-14(20)21)10-19-13(16-17-18-19)6-5-12-4-3-7-15-9-12/h3-4,7,9,11H,2,5-6,8,10H2,1H3,(H,20,21). The Morgan fingerprint density at radius 2 is 2.29 bits per heavy atom. The van der Waals surface area contributed by atoms with Gasteiger partial charge in [-0.25, -0.2) is 4.68 Å². The lowest BCUT2D eigenvalue weighted by atomic mass is 10.0. The normalized spacial score (nSPS) is 12.2. The summed E-state index contributed by atoms with van der Waals surface area (Å²) in [6.45, 7) is 2.52. The predicted molar refractivity (Wildman–Crippen MR) is 75.5 cm³/mol. The first-order chi connectivity index (χ1) is 10.2. The molecule has 2 aromatic heterocycles. The van der Waals surface area contributed by atoms with Crippen molar-refractivity contribution in [1.29, 1.82) is 0 Å². The minimum atomic E-state index is -0.785. The summed E-state index contributed by atoms with van der Waals surface area (Å²) in [4.78, 5) is 14.9. The number of aliphatic carboxylic acids is 1. The van der Waals surface area contributed by atoms with Gasteiger partial charge in [-0.2, -0.15) is 0 Å². The average Bonchev–Trinajstić information content (AvgIpc) is 2.92. The smallest absolute Gasteiger partial charge is 0.303 e. The number of tetrazole rings is 1. The molecule has 1 unspecified atom stereocenters. The third-order valence-electron chi connectivity index (χ3n) is 3.44. The molecule has 0 aliphatic heterocycles. The number of aryl methyl sites for hydroxylation is 2. The minimum absolute atomic E-state index is 0.0446. The third kappa shape index (κ3) is 4.62. The molecule has 0 spiro atoms. The molecule has 7 nitrogen and oxygen atoms in total. The van der Waals surface area contributed by atoms with E-state index in [4.69, 9.17) is 5.11 Å². The maximum atomic E-state index is 10.8. The highest BCUT2D eigenvalue weighted by Gasteiger charge is 2.15. The van der Waals surface area contributed by atoms with E-state index in [0.29, 0.717) is 13.0 Å². The van der Waals surface area contributed by atoms with Crippen LogP contribution in [0.25, 0.3) is 0 Å². The Kier molecular flexibility index (Phi) is 5.36. The minimum Gasteiger partial charge on any atom is -0.481 e. The highest BCUT2D eigenvalue weighted by Crippen LogP contribution is 2.12. The lowest BCUT2D eigenvalue weighted by molar-refractivity contribution is -0.138. The van der Waals surface area contributed by atoms with Gasteiger partial charge in [-0.15, -0.1) is 5.10 Å². The van der Waals surface area contributed by atoms with Gasteiger partial charge in [0, 0.05) is 31.8 Å². The summed E-state index contributed by atoms with van der Waals surface area (Å²) in [6, 6.07) is 3.92. The summed E-state index contributed by atoms with van der Waals surface area (Å²) < 4.78 is 1.72. The lowest BCUT2D eigenvalue weighted by Crippen LogP contribution is -2.17. The summed E-state index contributed by atoms with van der Waals surface area (Å²) in [6.07, 6.45) is 6.01. The van der Waals surface area contributed by atoms with E-state index in [1.165, 1.54) is 0 Å². The van der Waals surface area contributed by atoms with Crippen molar-refractivity contribution in [2.45, 2.75) is 39.2 Å². The van der Waals surface area contributed by atoms with Crippen LogP contribution in [-0.4, -0.2) is 36.3 Å². The molecule has 2 aromatic rings. The van der Waals surface area contributed by atoms with Gasteiger partial charge in [0.05, 0.1) is 0 Å². The monoisotopic (exact) mass is 289 g/mol. The van der Waals surface area contributed by atoms with Crippen LogP contribution in [0, 0.1) is 5.92 Å². The van der Waals surface area contributed by atoms with E-state index in [9.17, 15) is 4.79 Å². The van der Waals surface area contributed by atoms with Crippen LogP contribution >= 0.6 is 0 Å². The zero-order chi connectivity index (χ0) is 15.1. The maximum Gasteiger partial charge on any atom is 0.303 e. The quantitative estimate of drug-likeness (QED) is 0.788. The SMILES string of the molecule is CCC(CC(=O)O)Cn1nnnc1CCc1cccnc1. The number of carboxylic acid groups (broad SMARTS) is 1. The van der Waals surface area contributed by atoms with Gasteiger partial charge in [0.1, 0.15) is 0 Å². The van der Waals surface area contributed by atoms with Crippen molar-refractivity contribution >= 4 is 5.97 Å². The molecular formula is C14H19N5O2. The fourth-order valence-electron chi connectivity index (χ4n) is 2.18. The van der Waals surface area contributed by atoms with E-state index < -0.39 is 5.97 Å². The summed E-state index contributed by atoms with van der Waals surface area (Å²) in [7, 11) is 0. The van der Waals surface area contributed by atoms with Gasteiger partial charge < -0.3 is 5.11 Å². The Labute approximate surface area is 123 Å². The summed E-state index contributed by atoms with van der Waals surface area (Å²) in [5, 5.41) is 20.6. The van der Waals surface area contributed by atoms with Crippen molar-refractivity contribution < 1.29 is 9.90 Å². The second kappa shape index (κ2) is 7.47. The second-order valence-corrected chi connectivity index (χ2v) is 5.01. The molecule has 0 bridgehead atoms. The zero-order valence-corrected chi connectivity index (χ0v) is 12.0. The first kappa shape index (κ1) is 15.1. The predicted octanol–water partition coefficient (Wildman–Crippen LogP) is 1.35. The van der Waals surface area contributed by atoms with Crippen LogP contribution in [0.4, 0.5) is 0 Å². The van der Waals surface area contributed by atoms with Crippen LogP contribution in [0.1, 0.15) is 31.2 Å². The van der Waals surface area contributed by atoms with Crippen molar-refractivity contribution in [3.05, 3.63) is 35.9 Å². The Morgan fingerprint density at radius 3 is 2.95 bits per heavy atom. The van der Waals surface area contributed by atoms with E-state index in [1.54, 1.807) is 10.9 Å². The molecule has 0 aliphatic carbocycles. The highest BCUT2D eigenvalue weighted by molar-refractivity contribution is 5.66. The molecule has 0 radical (unpaired) electrons. The van der Waals surface area contributed by atoms with Crippen LogP contribution in [-0.2, 0) is 24.2 Å². The van der Waals surface area contributed by atoms with E-state index in [2.05, 4.69) is 20.5 Å². The number of hydrogen-bond donors (Lipinski definition) is 1. The molecule has 7 heteroatoms. The van der Waals surface area contributed by atoms with E-state index in [0.717, 1.165) is 24.2 Å². The van der Waals surface area contributed by atoms with E-state index in [1.807, 2.05) is 25.3 Å². The molecule has 0 aromatic carbocycles. The number of pyridine rings is 1. The van der Waals surface area contributed by atoms with Crippen molar-refractivity contribution in [2.75, 3.05) is 0 Å². The van der Waals surface area contributed by atoms with Crippen LogP contribution in [0.2, 0.25) is 0 Å². The Morgan fingerprint density at radius 1 is 1.43 bits per heavy atom. The van der Waals surface area contributed by atoms with Gasteiger partial charge in [-0.1, -0.05) is 19.4 Å². The van der Waals surface area contributed by atoms with Crippen molar-refractivity contribution in [3.63, 3.8) is 0 Å². The number of nitrogens with zero attached hydrogens (tertiary/aromatic N) is 5. The Hall–Kier alpha value is -2.31. The molecule has 1 atom stereocenters. The molecule has 112 valence electrons.